The monoisotopic (exact) mass is 208 g/mol. The highest BCUT2D eigenvalue weighted by atomic mass is 16.2. The van der Waals surface area contributed by atoms with Gasteiger partial charge < -0.3 is 4.90 Å². The molecule has 0 aromatic rings. The summed E-state index contributed by atoms with van der Waals surface area (Å²) in [5, 5.41) is 8.74. The van der Waals surface area contributed by atoms with Crippen LogP contribution in [0.3, 0.4) is 0 Å². The van der Waals surface area contributed by atoms with Crippen molar-refractivity contribution in [3.8, 4) is 6.07 Å². The zero-order valence-electron chi connectivity index (χ0n) is 9.70. The summed E-state index contributed by atoms with van der Waals surface area (Å²) in [4.78, 5) is 13.7. The number of carbonyl (C=O) groups is 1. The van der Waals surface area contributed by atoms with Gasteiger partial charge in [0.05, 0.1) is 6.07 Å². The lowest BCUT2D eigenvalue weighted by Gasteiger charge is -2.27. The van der Waals surface area contributed by atoms with Crippen molar-refractivity contribution in [2.75, 3.05) is 6.54 Å². The van der Waals surface area contributed by atoms with Crippen LogP contribution in [0.4, 0.5) is 0 Å². The molecule has 1 saturated carbocycles. The molecule has 0 spiro atoms. The maximum atomic E-state index is 11.9. The van der Waals surface area contributed by atoms with Crippen molar-refractivity contribution in [2.45, 2.75) is 52.0 Å². The fourth-order valence-corrected chi connectivity index (χ4v) is 2.18. The van der Waals surface area contributed by atoms with Gasteiger partial charge in [-0.25, -0.2) is 0 Å². The minimum Gasteiger partial charge on any atom is -0.326 e. The van der Waals surface area contributed by atoms with Crippen molar-refractivity contribution in [1.29, 1.82) is 5.26 Å². The van der Waals surface area contributed by atoms with E-state index in [0.717, 1.165) is 12.8 Å². The summed E-state index contributed by atoms with van der Waals surface area (Å²) in [7, 11) is 0. The van der Waals surface area contributed by atoms with E-state index in [1.807, 2.05) is 13.8 Å². The van der Waals surface area contributed by atoms with Gasteiger partial charge in [-0.15, -0.1) is 0 Å². The molecular formula is C12H20N2O. The standard InChI is InChI=1S/C12H20N2O/c1-10(2)9-12(15)14(8-7-13)11-5-3-4-6-11/h10-11H,3-6,8-9H2,1-2H3. The Hall–Kier alpha value is -1.04. The second-order valence-electron chi connectivity index (χ2n) is 4.72. The average molecular weight is 208 g/mol. The van der Waals surface area contributed by atoms with Gasteiger partial charge in [-0.05, 0) is 18.8 Å². The fraction of sp³-hybridized carbons (Fsp3) is 0.833. The van der Waals surface area contributed by atoms with Crippen LogP contribution in [-0.2, 0) is 4.79 Å². The lowest BCUT2D eigenvalue weighted by atomic mass is 10.1. The summed E-state index contributed by atoms with van der Waals surface area (Å²) in [6, 6.07) is 2.43. The number of hydrogen-bond acceptors (Lipinski definition) is 2. The molecule has 0 saturated heterocycles. The Morgan fingerprint density at radius 2 is 2.07 bits per heavy atom. The summed E-state index contributed by atoms with van der Waals surface area (Å²) in [5.74, 6) is 0.526. The minimum absolute atomic E-state index is 0.151. The van der Waals surface area contributed by atoms with Crippen molar-refractivity contribution >= 4 is 5.91 Å². The van der Waals surface area contributed by atoms with Crippen molar-refractivity contribution in [3.05, 3.63) is 0 Å². The number of amides is 1. The van der Waals surface area contributed by atoms with Gasteiger partial charge in [0, 0.05) is 12.5 Å². The molecule has 0 unspecified atom stereocenters. The van der Waals surface area contributed by atoms with Gasteiger partial charge in [0.1, 0.15) is 6.54 Å². The van der Waals surface area contributed by atoms with Crippen LogP contribution in [-0.4, -0.2) is 23.4 Å². The van der Waals surface area contributed by atoms with Crippen molar-refractivity contribution < 1.29 is 4.79 Å². The number of nitriles is 1. The molecule has 1 aliphatic rings. The largest absolute Gasteiger partial charge is 0.326 e. The average Bonchev–Trinajstić information content (AvgIpc) is 2.65. The first-order valence-corrected chi connectivity index (χ1v) is 5.81. The van der Waals surface area contributed by atoms with Gasteiger partial charge >= 0.3 is 0 Å². The van der Waals surface area contributed by atoms with E-state index in [0.29, 0.717) is 18.4 Å². The van der Waals surface area contributed by atoms with Crippen LogP contribution in [0.1, 0.15) is 46.0 Å². The van der Waals surface area contributed by atoms with E-state index in [1.54, 1.807) is 4.90 Å². The molecule has 3 nitrogen and oxygen atoms in total. The highest BCUT2D eigenvalue weighted by molar-refractivity contribution is 5.77. The third kappa shape index (κ3) is 3.54. The topological polar surface area (TPSA) is 44.1 Å². The zero-order chi connectivity index (χ0) is 11.3. The summed E-state index contributed by atoms with van der Waals surface area (Å²) >= 11 is 0. The Bertz CT molecular complexity index is 249. The third-order valence-electron chi connectivity index (χ3n) is 2.91. The summed E-state index contributed by atoms with van der Waals surface area (Å²) in [6.45, 7) is 4.34. The van der Waals surface area contributed by atoms with Gasteiger partial charge in [0.25, 0.3) is 0 Å². The molecule has 15 heavy (non-hydrogen) atoms. The quantitative estimate of drug-likeness (QED) is 0.665. The van der Waals surface area contributed by atoms with Gasteiger partial charge in [-0.1, -0.05) is 26.7 Å². The third-order valence-corrected chi connectivity index (χ3v) is 2.91. The molecule has 0 aromatic carbocycles. The molecule has 0 atom stereocenters. The Kier molecular flexibility index (Phi) is 4.61. The van der Waals surface area contributed by atoms with Gasteiger partial charge in [-0.2, -0.15) is 5.26 Å². The van der Waals surface area contributed by atoms with Crippen molar-refractivity contribution in [1.82, 2.24) is 4.90 Å². The SMILES string of the molecule is CC(C)CC(=O)N(CC#N)C1CCCC1. The lowest BCUT2D eigenvalue weighted by molar-refractivity contribution is -0.133. The minimum atomic E-state index is 0.151. The summed E-state index contributed by atoms with van der Waals surface area (Å²) < 4.78 is 0. The fourth-order valence-electron chi connectivity index (χ4n) is 2.18. The molecule has 0 N–H and O–H groups in total. The molecule has 1 amide bonds. The van der Waals surface area contributed by atoms with Crippen molar-refractivity contribution in [3.63, 3.8) is 0 Å². The van der Waals surface area contributed by atoms with Gasteiger partial charge in [-0.3, -0.25) is 4.79 Å². The molecule has 84 valence electrons. The number of hydrogen-bond donors (Lipinski definition) is 0. The van der Waals surface area contributed by atoms with Gasteiger partial charge in [0.2, 0.25) is 5.91 Å². The highest BCUT2D eigenvalue weighted by Gasteiger charge is 2.26. The van der Waals surface area contributed by atoms with Crippen molar-refractivity contribution in [2.24, 2.45) is 5.92 Å². The van der Waals surface area contributed by atoms with Crippen LogP contribution in [0.25, 0.3) is 0 Å². The Labute approximate surface area is 92.1 Å². The Morgan fingerprint density at radius 1 is 1.47 bits per heavy atom. The molecule has 0 aromatic heterocycles. The number of rotatable bonds is 4. The molecule has 0 aliphatic heterocycles. The van der Waals surface area contributed by atoms with Crippen LogP contribution in [0, 0.1) is 17.2 Å². The molecule has 0 radical (unpaired) electrons. The van der Waals surface area contributed by atoms with E-state index in [-0.39, 0.29) is 12.5 Å². The van der Waals surface area contributed by atoms with Crippen LogP contribution >= 0.6 is 0 Å². The van der Waals surface area contributed by atoms with E-state index in [9.17, 15) is 4.79 Å². The smallest absolute Gasteiger partial charge is 0.223 e. The predicted molar refractivity (Wildman–Crippen MR) is 59.0 cm³/mol. The summed E-state index contributed by atoms with van der Waals surface area (Å²) in [6.07, 6.45) is 5.11. The molecule has 1 rings (SSSR count). The first-order chi connectivity index (χ1) is 7.15. The van der Waals surface area contributed by atoms with Crippen LogP contribution in [0.2, 0.25) is 0 Å². The second kappa shape index (κ2) is 5.75. The molecular weight excluding hydrogens is 188 g/mol. The number of nitrogens with zero attached hydrogens (tertiary/aromatic N) is 2. The van der Waals surface area contributed by atoms with E-state index >= 15 is 0 Å². The van der Waals surface area contributed by atoms with Crippen LogP contribution < -0.4 is 0 Å². The van der Waals surface area contributed by atoms with E-state index < -0.39 is 0 Å². The van der Waals surface area contributed by atoms with Gasteiger partial charge in [0.15, 0.2) is 0 Å². The lowest BCUT2D eigenvalue weighted by Crippen LogP contribution is -2.39. The Balaban J connectivity index is 2.56. The first-order valence-electron chi connectivity index (χ1n) is 5.81. The highest BCUT2D eigenvalue weighted by Crippen LogP contribution is 2.24. The van der Waals surface area contributed by atoms with Crippen LogP contribution in [0.5, 0.6) is 0 Å². The summed E-state index contributed by atoms with van der Waals surface area (Å²) in [5.41, 5.74) is 0. The molecule has 1 fully saturated rings. The van der Waals surface area contributed by atoms with E-state index in [4.69, 9.17) is 5.26 Å². The normalized spacial score (nSPS) is 16.7. The second-order valence-corrected chi connectivity index (χ2v) is 4.72. The maximum absolute atomic E-state index is 11.9. The zero-order valence-corrected chi connectivity index (χ0v) is 9.70. The molecule has 3 heteroatoms. The molecule has 0 heterocycles. The first kappa shape index (κ1) is 12.0. The van der Waals surface area contributed by atoms with E-state index in [1.165, 1.54) is 12.8 Å². The van der Waals surface area contributed by atoms with Crippen LogP contribution in [0.15, 0.2) is 0 Å². The Morgan fingerprint density at radius 3 is 2.53 bits per heavy atom. The molecule has 1 aliphatic carbocycles. The predicted octanol–water partition coefficient (Wildman–Crippen LogP) is 2.33. The molecule has 0 bridgehead atoms. The maximum Gasteiger partial charge on any atom is 0.223 e. The van der Waals surface area contributed by atoms with E-state index in [2.05, 4.69) is 6.07 Å². The number of carbonyl (C=O) groups excluding carboxylic acids is 1.